The van der Waals surface area contributed by atoms with Gasteiger partial charge in [0.1, 0.15) is 5.75 Å². The van der Waals surface area contributed by atoms with Gasteiger partial charge >= 0.3 is 0 Å². The van der Waals surface area contributed by atoms with Crippen molar-refractivity contribution < 1.29 is 9.84 Å². The van der Waals surface area contributed by atoms with Crippen LogP contribution in [0.2, 0.25) is 0 Å². The Morgan fingerprint density at radius 3 is 2.68 bits per heavy atom. The van der Waals surface area contributed by atoms with Crippen LogP contribution in [0.5, 0.6) is 5.75 Å². The lowest BCUT2D eigenvalue weighted by molar-refractivity contribution is 0.170. The molecule has 0 aromatic heterocycles. The van der Waals surface area contributed by atoms with E-state index < -0.39 is 6.10 Å². The van der Waals surface area contributed by atoms with Gasteiger partial charge in [-0.1, -0.05) is 36.4 Å². The van der Waals surface area contributed by atoms with E-state index in [0.29, 0.717) is 13.0 Å². The van der Waals surface area contributed by atoms with Crippen LogP contribution in [0.1, 0.15) is 18.1 Å². The summed E-state index contributed by atoms with van der Waals surface area (Å²) in [6.45, 7) is 0.472. The van der Waals surface area contributed by atoms with E-state index in [1.807, 2.05) is 48.5 Å². The Balaban J connectivity index is 2.37. The van der Waals surface area contributed by atoms with Crippen molar-refractivity contribution in [1.29, 1.82) is 0 Å². The summed E-state index contributed by atoms with van der Waals surface area (Å²) in [7, 11) is 1.66. The molecule has 1 unspecified atom stereocenters. The lowest BCUT2D eigenvalue weighted by atomic mass is 9.99. The third kappa shape index (κ3) is 3.13. The Kier molecular flexibility index (Phi) is 4.55. The van der Waals surface area contributed by atoms with Crippen LogP contribution in [0, 0.1) is 0 Å². The predicted molar refractivity (Wildman–Crippen MR) is 77.1 cm³/mol. The second kappa shape index (κ2) is 6.36. The Hall–Kier alpha value is -1.84. The van der Waals surface area contributed by atoms with E-state index in [4.69, 9.17) is 10.5 Å². The van der Waals surface area contributed by atoms with Gasteiger partial charge in [-0.25, -0.2) is 0 Å². The van der Waals surface area contributed by atoms with Gasteiger partial charge in [-0.3, -0.25) is 0 Å². The van der Waals surface area contributed by atoms with Crippen molar-refractivity contribution in [2.24, 2.45) is 5.73 Å². The number of ether oxygens (including phenoxy) is 1. The van der Waals surface area contributed by atoms with Crippen LogP contribution in [-0.2, 0) is 0 Å². The number of nitrogens with two attached hydrogens (primary N) is 1. The third-order valence-corrected chi connectivity index (χ3v) is 3.13. The lowest BCUT2D eigenvalue weighted by Gasteiger charge is -2.13. The topological polar surface area (TPSA) is 55.5 Å². The van der Waals surface area contributed by atoms with Crippen LogP contribution < -0.4 is 10.5 Å². The van der Waals surface area contributed by atoms with Gasteiger partial charge in [0.15, 0.2) is 0 Å². The molecule has 2 aromatic rings. The van der Waals surface area contributed by atoms with Crippen molar-refractivity contribution in [3.63, 3.8) is 0 Å². The highest BCUT2D eigenvalue weighted by atomic mass is 16.5. The largest absolute Gasteiger partial charge is 0.496 e. The number of aliphatic hydroxyl groups is 1. The molecule has 0 aliphatic carbocycles. The Morgan fingerprint density at radius 1 is 1.16 bits per heavy atom. The minimum absolute atomic E-state index is 0.472. The Labute approximate surface area is 113 Å². The molecule has 0 aliphatic rings. The molecule has 0 heterocycles. The maximum atomic E-state index is 10.0. The van der Waals surface area contributed by atoms with Crippen LogP contribution in [0.15, 0.2) is 48.5 Å². The summed E-state index contributed by atoms with van der Waals surface area (Å²) >= 11 is 0. The summed E-state index contributed by atoms with van der Waals surface area (Å²) < 4.78 is 5.37. The van der Waals surface area contributed by atoms with E-state index >= 15 is 0 Å². The molecule has 3 nitrogen and oxygen atoms in total. The van der Waals surface area contributed by atoms with Crippen LogP contribution in [0.25, 0.3) is 11.1 Å². The number of rotatable bonds is 5. The van der Waals surface area contributed by atoms with Gasteiger partial charge in [-0.05, 0) is 36.2 Å². The van der Waals surface area contributed by atoms with Crippen molar-refractivity contribution in [3.8, 4) is 16.9 Å². The number of para-hydroxylation sites is 1. The molecule has 2 rings (SSSR count). The molecule has 0 fully saturated rings. The van der Waals surface area contributed by atoms with Crippen LogP contribution in [-0.4, -0.2) is 18.8 Å². The maximum absolute atomic E-state index is 10.0. The van der Waals surface area contributed by atoms with Crippen molar-refractivity contribution in [2.45, 2.75) is 12.5 Å². The first-order chi connectivity index (χ1) is 9.26. The Bertz CT molecular complexity index is 540. The summed E-state index contributed by atoms with van der Waals surface area (Å²) in [5.41, 5.74) is 8.42. The van der Waals surface area contributed by atoms with E-state index in [9.17, 15) is 5.11 Å². The van der Waals surface area contributed by atoms with E-state index in [0.717, 1.165) is 22.4 Å². The minimum atomic E-state index is -0.514. The zero-order valence-electron chi connectivity index (χ0n) is 11.0. The maximum Gasteiger partial charge on any atom is 0.126 e. The highest BCUT2D eigenvalue weighted by Crippen LogP contribution is 2.31. The molecule has 0 aliphatic heterocycles. The third-order valence-electron chi connectivity index (χ3n) is 3.13. The molecule has 100 valence electrons. The van der Waals surface area contributed by atoms with Crippen molar-refractivity contribution >= 4 is 0 Å². The van der Waals surface area contributed by atoms with Gasteiger partial charge < -0.3 is 15.6 Å². The van der Waals surface area contributed by atoms with Crippen LogP contribution >= 0.6 is 0 Å². The Morgan fingerprint density at radius 2 is 1.95 bits per heavy atom. The summed E-state index contributed by atoms with van der Waals surface area (Å²) in [5.74, 6) is 0.827. The summed E-state index contributed by atoms with van der Waals surface area (Å²) in [6.07, 6.45) is 0.0507. The lowest BCUT2D eigenvalue weighted by Crippen LogP contribution is -2.06. The van der Waals surface area contributed by atoms with Crippen molar-refractivity contribution in [1.82, 2.24) is 0 Å². The second-order valence-electron chi connectivity index (χ2n) is 4.42. The second-order valence-corrected chi connectivity index (χ2v) is 4.42. The average molecular weight is 257 g/mol. The van der Waals surface area contributed by atoms with E-state index in [1.165, 1.54) is 0 Å². The molecule has 0 bridgehead atoms. The van der Waals surface area contributed by atoms with Gasteiger partial charge in [0.2, 0.25) is 0 Å². The van der Waals surface area contributed by atoms with Gasteiger partial charge in [-0.15, -0.1) is 0 Å². The fourth-order valence-electron chi connectivity index (χ4n) is 2.12. The predicted octanol–water partition coefficient (Wildman–Crippen LogP) is 2.74. The highest BCUT2D eigenvalue weighted by molar-refractivity contribution is 5.70. The number of hydrogen-bond donors (Lipinski definition) is 2. The first kappa shape index (κ1) is 13.6. The van der Waals surface area contributed by atoms with Crippen molar-refractivity contribution in [3.05, 3.63) is 54.1 Å². The number of methoxy groups -OCH3 is 1. The summed E-state index contributed by atoms with van der Waals surface area (Å²) in [5, 5.41) is 10.0. The average Bonchev–Trinajstić information content (AvgIpc) is 2.47. The molecule has 1 atom stereocenters. The minimum Gasteiger partial charge on any atom is -0.496 e. The molecule has 0 spiro atoms. The summed E-state index contributed by atoms with van der Waals surface area (Å²) in [6, 6.07) is 15.7. The molecular formula is C16H19NO2. The SMILES string of the molecule is COc1ccccc1-c1cccc(C(O)CCN)c1. The van der Waals surface area contributed by atoms with E-state index in [-0.39, 0.29) is 0 Å². The molecule has 0 saturated heterocycles. The van der Waals surface area contributed by atoms with Crippen molar-refractivity contribution in [2.75, 3.05) is 13.7 Å². The van der Waals surface area contributed by atoms with E-state index in [2.05, 4.69) is 0 Å². The number of benzene rings is 2. The fraction of sp³-hybridized carbons (Fsp3) is 0.250. The molecule has 3 N–H and O–H groups in total. The summed E-state index contributed by atoms with van der Waals surface area (Å²) in [4.78, 5) is 0. The van der Waals surface area contributed by atoms with E-state index in [1.54, 1.807) is 7.11 Å². The monoisotopic (exact) mass is 257 g/mol. The zero-order chi connectivity index (χ0) is 13.7. The number of hydrogen-bond acceptors (Lipinski definition) is 3. The normalized spacial score (nSPS) is 12.2. The molecule has 0 saturated carbocycles. The molecular weight excluding hydrogens is 238 g/mol. The number of aliphatic hydroxyl groups excluding tert-OH is 1. The first-order valence-electron chi connectivity index (χ1n) is 6.37. The van der Waals surface area contributed by atoms with Gasteiger partial charge in [0.25, 0.3) is 0 Å². The quantitative estimate of drug-likeness (QED) is 0.866. The molecule has 2 aromatic carbocycles. The first-order valence-corrected chi connectivity index (χ1v) is 6.37. The smallest absolute Gasteiger partial charge is 0.126 e. The van der Waals surface area contributed by atoms with Gasteiger partial charge in [-0.2, -0.15) is 0 Å². The molecule has 0 radical (unpaired) electrons. The molecule has 0 amide bonds. The van der Waals surface area contributed by atoms with Gasteiger partial charge in [0.05, 0.1) is 13.2 Å². The standard InChI is InChI=1S/C16H19NO2/c1-19-16-8-3-2-7-14(16)12-5-4-6-13(11-12)15(18)9-10-17/h2-8,11,15,18H,9-10,17H2,1H3. The van der Waals surface area contributed by atoms with Gasteiger partial charge in [0, 0.05) is 5.56 Å². The zero-order valence-corrected chi connectivity index (χ0v) is 11.0. The highest BCUT2D eigenvalue weighted by Gasteiger charge is 2.09. The van der Waals surface area contributed by atoms with Crippen LogP contribution in [0.4, 0.5) is 0 Å². The molecule has 19 heavy (non-hydrogen) atoms. The molecule has 3 heteroatoms. The van der Waals surface area contributed by atoms with Crippen LogP contribution in [0.3, 0.4) is 0 Å². The fourth-order valence-corrected chi connectivity index (χ4v) is 2.12.